The maximum absolute atomic E-state index is 5.48. The highest BCUT2D eigenvalue weighted by atomic mass is 79.9. The first-order chi connectivity index (χ1) is 11.3. The van der Waals surface area contributed by atoms with Crippen LogP contribution >= 0.6 is 15.9 Å². The molecule has 0 unspecified atom stereocenters. The van der Waals surface area contributed by atoms with Gasteiger partial charge in [-0.15, -0.1) is 0 Å². The van der Waals surface area contributed by atoms with Crippen molar-refractivity contribution in [3.63, 3.8) is 0 Å². The molecule has 3 nitrogen and oxygen atoms in total. The third kappa shape index (κ3) is 3.94. The van der Waals surface area contributed by atoms with E-state index in [0.717, 1.165) is 48.4 Å². The Morgan fingerprint density at radius 2 is 1.96 bits per heavy atom. The second-order valence-electron chi connectivity index (χ2n) is 5.62. The number of rotatable bonds is 5. The van der Waals surface area contributed by atoms with Crippen LogP contribution in [0.3, 0.4) is 0 Å². The molecule has 1 heterocycles. The van der Waals surface area contributed by atoms with Crippen LogP contribution in [0.5, 0.6) is 5.75 Å². The predicted molar refractivity (Wildman–Crippen MR) is 98.6 cm³/mol. The van der Waals surface area contributed by atoms with Crippen molar-refractivity contribution in [2.75, 3.05) is 20.2 Å². The SMILES string of the molecule is COc1ccc(Br)cc1CCc1ccccc1C1=NCCCN1. The monoisotopic (exact) mass is 372 g/mol. The molecule has 4 heteroatoms. The van der Waals surface area contributed by atoms with Gasteiger partial charge in [-0.25, -0.2) is 0 Å². The van der Waals surface area contributed by atoms with Crippen molar-refractivity contribution in [3.05, 3.63) is 63.6 Å². The van der Waals surface area contributed by atoms with Crippen molar-refractivity contribution >= 4 is 21.8 Å². The maximum Gasteiger partial charge on any atom is 0.128 e. The van der Waals surface area contributed by atoms with E-state index in [4.69, 9.17) is 4.74 Å². The van der Waals surface area contributed by atoms with Gasteiger partial charge in [-0.05, 0) is 48.6 Å². The number of aliphatic imine (C=N–C) groups is 1. The minimum Gasteiger partial charge on any atom is -0.496 e. The van der Waals surface area contributed by atoms with E-state index in [-0.39, 0.29) is 0 Å². The van der Waals surface area contributed by atoms with Gasteiger partial charge in [0.2, 0.25) is 0 Å². The highest BCUT2D eigenvalue weighted by Crippen LogP contribution is 2.25. The van der Waals surface area contributed by atoms with E-state index in [1.165, 1.54) is 16.7 Å². The van der Waals surface area contributed by atoms with Crippen molar-refractivity contribution in [1.82, 2.24) is 5.32 Å². The van der Waals surface area contributed by atoms with Crippen LogP contribution in [0.15, 0.2) is 51.9 Å². The number of ether oxygens (including phenoxy) is 1. The summed E-state index contributed by atoms with van der Waals surface area (Å²) in [5.74, 6) is 1.98. The first-order valence-electron chi connectivity index (χ1n) is 7.97. The fraction of sp³-hybridized carbons (Fsp3) is 0.316. The Morgan fingerprint density at radius 1 is 1.13 bits per heavy atom. The number of benzene rings is 2. The zero-order chi connectivity index (χ0) is 16.1. The summed E-state index contributed by atoms with van der Waals surface area (Å²) in [6.07, 6.45) is 3.01. The molecular weight excluding hydrogens is 352 g/mol. The van der Waals surface area contributed by atoms with E-state index in [2.05, 4.69) is 56.6 Å². The molecule has 0 amide bonds. The Bertz CT molecular complexity index is 712. The second kappa shape index (κ2) is 7.64. The number of methoxy groups -OCH3 is 1. The molecule has 120 valence electrons. The Hall–Kier alpha value is -1.81. The molecule has 0 aromatic heterocycles. The summed E-state index contributed by atoms with van der Waals surface area (Å²) in [5.41, 5.74) is 3.76. The largest absolute Gasteiger partial charge is 0.496 e. The van der Waals surface area contributed by atoms with E-state index in [1.807, 2.05) is 12.1 Å². The Balaban J connectivity index is 1.81. The minimum atomic E-state index is 0.913. The lowest BCUT2D eigenvalue weighted by atomic mass is 9.98. The lowest BCUT2D eigenvalue weighted by Crippen LogP contribution is -2.31. The molecule has 0 aliphatic carbocycles. The van der Waals surface area contributed by atoms with Crippen LogP contribution in [-0.2, 0) is 12.8 Å². The van der Waals surface area contributed by atoms with Crippen LogP contribution in [0.2, 0.25) is 0 Å². The Morgan fingerprint density at radius 3 is 2.74 bits per heavy atom. The van der Waals surface area contributed by atoms with E-state index < -0.39 is 0 Å². The van der Waals surface area contributed by atoms with Gasteiger partial charge >= 0.3 is 0 Å². The lowest BCUT2D eigenvalue weighted by Gasteiger charge is -2.18. The van der Waals surface area contributed by atoms with Crippen LogP contribution in [0.4, 0.5) is 0 Å². The van der Waals surface area contributed by atoms with Crippen molar-refractivity contribution in [3.8, 4) is 5.75 Å². The van der Waals surface area contributed by atoms with Gasteiger partial charge in [0.05, 0.1) is 7.11 Å². The topological polar surface area (TPSA) is 33.6 Å². The van der Waals surface area contributed by atoms with Gasteiger partial charge in [-0.3, -0.25) is 4.99 Å². The van der Waals surface area contributed by atoms with E-state index in [9.17, 15) is 0 Å². The van der Waals surface area contributed by atoms with Gasteiger partial charge in [0.25, 0.3) is 0 Å². The van der Waals surface area contributed by atoms with Crippen molar-refractivity contribution < 1.29 is 4.74 Å². The van der Waals surface area contributed by atoms with Crippen molar-refractivity contribution in [2.45, 2.75) is 19.3 Å². The molecule has 0 saturated carbocycles. The van der Waals surface area contributed by atoms with E-state index >= 15 is 0 Å². The van der Waals surface area contributed by atoms with Crippen LogP contribution in [0.25, 0.3) is 0 Å². The van der Waals surface area contributed by atoms with Crippen molar-refractivity contribution in [1.29, 1.82) is 0 Å². The molecule has 0 radical (unpaired) electrons. The molecule has 0 spiro atoms. The molecule has 0 fully saturated rings. The van der Waals surface area contributed by atoms with Gasteiger partial charge in [0, 0.05) is 23.1 Å². The fourth-order valence-corrected chi connectivity index (χ4v) is 3.30. The zero-order valence-corrected chi connectivity index (χ0v) is 14.9. The first kappa shape index (κ1) is 16.1. The summed E-state index contributed by atoms with van der Waals surface area (Å²) < 4.78 is 6.56. The average Bonchev–Trinajstić information content (AvgIpc) is 2.61. The van der Waals surface area contributed by atoms with Crippen molar-refractivity contribution in [2.24, 2.45) is 4.99 Å². The summed E-state index contributed by atoms with van der Waals surface area (Å²) in [6.45, 7) is 1.92. The van der Waals surface area contributed by atoms with Gasteiger partial charge in [0.15, 0.2) is 0 Å². The molecule has 1 aliphatic rings. The molecule has 2 aromatic carbocycles. The minimum absolute atomic E-state index is 0.913. The number of hydrogen-bond donors (Lipinski definition) is 1. The van der Waals surface area contributed by atoms with Crippen LogP contribution in [0.1, 0.15) is 23.1 Å². The molecule has 0 bridgehead atoms. The molecule has 1 N–H and O–H groups in total. The first-order valence-corrected chi connectivity index (χ1v) is 8.76. The van der Waals surface area contributed by atoms with Crippen LogP contribution < -0.4 is 10.1 Å². The van der Waals surface area contributed by atoms with Gasteiger partial charge in [-0.2, -0.15) is 0 Å². The number of hydrogen-bond acceptors (Lipinski definition) is 3. The normalized spacial score (nSPS) is 14.1. The fourth-order valence-electron chi connectivity index (χ4n) is 2.89. The third-order valence-electron chi connectivity index (χ3n) is 4.08. The van der Waals surface area contributed by atoms with Gasteiger partial charge < -0.3 is 10.1 Å². The standard InChI is InChI=1S/C19H21BrN2O/c1-23-18-10-9-16(20)13-15(18)8-7-14-5-2-3-6-17(14)19-21-11-4-12-22-19/h2-3,5-6,9-10,13H,4,7-8,11-12H2,1H3,(H,21,22). The Kier molecular flexibility index (Phi) is 5.34. The number of amidine groups is 1. The van der Waals surface area contributed by atoms with E-state index in [0.29, 0.717) is 0 Å². The Labute approximate surface area is 145 Å². The quantitative estimate of drug-likeness (QED) is 0.860. The van der Waals surface area contributed by atoms with E-state index in [1.54, 1.807) is 7.11 Å². The molecule has 3 rings (SSSR count). The maximum atomic E-state index is 5.48. The lowest BCUT2D eigenvalue weighted by molar-refractivity contribution is 0.409. The highest BCUT2D eigenvalue weighted by molar-refractivity contribution is 9.10. The summed E-state index contributed by atoms with van der Waals surface area (Å²) in [7, 11) is 1.72. The van der Waals surface area contributed by atoms with Crippen LogP contribution in [-0.4, -0.2) is 26.0 Å². The number of halogens is 1. The molecule has 0 atom stereocenters. The summed E-state index contributed by atoms with van der Waals surface area (Å²) in [4.78, 5) is 4.64. The number of nitrogens with one attached hydrogen (secondary N) is 1. The summed E-state index contributed by atoms with van der Waals surface area (Å²) >= 11 is 3.54. The van der Waals surface area contributed by atoms with Crippen LogP contribution in [0, 0.1) is 0 Å². The molecule has 0 saturated heterocycles. The second-order valence-corrected chi connectivity index (χ2v) is 6.54. The summed E-state index contributed by atoms with van der Waals surface area (Å²) in [6, 6.07) is 14.7. The average molecular weight is 373 g/mol. The highest BCUT2D eigenvalue weighted by Gasteiger charge is 2.12. The molecule has 1 aliphatic heterocycles. The number of aryl methyl sites for hydroxylation is 2. The predicted octanol–water partition coefficient (Wildman–Crippen LogP) is 3.98. The molecular formula is C19H21BrN2O. The summed E-state index contributed by atoms with van der Waals surface area (Å²) in [5, 5.41) is 3.42. The van der Waals surface area contributed by atoms with Gasteiger partial charge in [-0.1, -0.05) is 40.2 Å². The third-order valence-corrected chi connectivity index (χ3v) is 4.57. The van der Waals surface area contributed by atoms with Gasteiger partial charge in [0.1, 0.15) is 11.6 Å². The number of nitrogens with zero attached hydrogens (tertiary/aromatic N) is 1. The molecule has 23 heavy (non-hydrogen) atoms. The smallest absolute Gasteiger partial charge is 0.128 e. The molecule has 2 aromatic rings. The zero-order valence-electron chi connectivity index (χ0n) is 13.3.